The van der Waals surface area contributed by atoms with Crippen LogP contribution in [0.5, 0.6) is 0 Å². The van der Waals surface area contributed by atoms with Gasteiger partial charge in [0.1, 0.15) is 7.67 Å². The second kappa shape index (κ2) is 3.66. The molecule has 0 bridgehead atoms. The summed E-state index contributed by atoms with van der Waals surface area (Å²) in [5.41, 5.74) is 1.04. The number of hydrogen-bond donors (Lipinski definition) is 0. The maximum Gasteiger partial charge on any atom is 0.115 e. The minimum Gasteiger partial charge on any atom is -0.244 e. The molecule has 0 aliphatic heterocycles. The van der Waals surface area contributed by atoms with Crippen LogP contribution in [0.25, 0.3) is 11.1 Å². The lowest BCUT2D eigenvalue weighted by molar-refractivity contribution is 1.17. The second-order valence-corrected chi connectivity index (χ2v) is 3.35. The van der Waals surface area contributed by atoms with Crippen molar-refractivity contribution in [3.8, 4) is 11.1 Å². The Hall–Kier alpha value is -1.22. The van der Waals surface area contributed by atoms with Crippen LogP contribution in [-0.2, 0) is 0 Å². The second-order valence-electron chi connectivity index (χ2n) is 2.43. The summed E-state index contributed by atoms with van der Waals surface area (Å²) in [7, 11) is 0. The van der Waals surface area contributed by atoms with Crippen LogP contribution in [0.3, 0.4) is 0 Å². The van der Waals surface area contributed by atoms with Crippen LogP contribution >= 0.6 is 15.9 Å². The Morgan fingerprint density at radius 1 is 1.15 bits per heavy atom. The van der Waals surface area contributed by atoms with E-state index in [-0.39, 0.29) is 18.6 Å². The molecule has 0 fully saturated rings. The molecule has 0 aliphatic carbocycles. The van der Waals surface area contributed by atoms with Crippen molar-refractivity contribution < 1.29 is 4.11 Å². The van der Waals surface area contributed by atoms with Gasteiger partial charge in [0.25, 0.3) is 0 Å². The van der Waals surface area contributed by atoms with Gasteiger partial charge in [0, 0.05) is 22.4 Å². The molecule has 2 rings (SSSR count). The molecule has 13 heavy (non-hydrogen) atoms. The molecular formula is C10H7BrN2. The van der Waals surface area contributed by atoms with Gasteiger partial charge < -0.3 is 0 Å². The monoisotopic (exact) mass is 237 g/mol. The number of benzene rings is 1. The topological polar surface area (TPSA) is 25.8 Å². The van der Waals surface area contributed by atoms with Gasteiger partial charge in [-0.3, -0.25) is 0 Å². The first kappa shape index (κ1) is 5.50. The van der Waals surface area contributed by atoms with E-state index >= 15 is 0 Å². The zero-order chi connectivity index (χ0) is 11.7. The molecule has 0 atom stereocenters. The van der Waals surface area contributed by atoms with Crippen LogP contribution in [0, 0.1) is 0 Å². The number of nitrogens with zero attached hydrogens (tertiary/aromatic N) is 2. The summed E-state index contributed by atoms with van der Waals surface area (Å²) in [4.78, 5) is 7.25. The fourth-order valence-corrected chi connectivity index (χ4v) is 1.38. The van der Waals surface area contributed by atoms with E-state index in [9.17, 15) is 0 Å². The fraction of sp³-hybridized carbons (Fsp3) is 0. The maximum atomic E-state index is 7.65. The van der Waals surface area contributed by atoms with Crippen LogP contribution in [-0.4, -0.2) is 9.97 Å². The quantitative estimate of drug-likeness (QED) is 0.763. The van der Waals surface area contributed by atoms with Crippen molar-refractivity contribution >= 4 is 15.9 Å². The summed E-state index contributed by atoms with van der Waals surface area (Å²) in [6.45, 7) is 0. The summed E-state index contributed by atoms with van der Waals surface area (Å²) < 4.78 is 23.4. The third-order valence-corrected chi connectivity index (χ3v) is 2.04. The molecule has 1 heterocycles. The molecule has 0 radical (unpaired) electrons. The summed E-state index contributed by atoms with van der Waals surface area (Å²) in [5.74, 6) is 0. The SMILES string of the molecule is [2H]c1nc([2H])c(-c2cccc(Br)c2)c([2H])n1. The minimum absolute atomic E-state index is 0.0944. The predicted molar refractivity (Wildman–Crippen MR) is 55.2 cm³/mol. The first-order valence-corrected chi connectivity index (χ1v) is 4.45. The van der Waals surface area contributed by atoms with Gasteiger partial charge in [0.15, 0.2) is 0 Å². The molecule has 1 aromatic carbocycles. The van der Waals surface area contributed by atoms with E-state index < -0.39 is 0 Å². The zero-order valence-electron chi connectivity index (χ0n) is 9.58. The minimum atomic E-state index is -0.297. The molecule has 2 aromatic rings. The summed E-state index contributed by atoms with van der Waals surface area (Å²) in [5, 5.41) is 0. The lowest BCUT2D eigenvalue weighted by Crippen LogP contribution is -1.81. The van der Waals surface area contributed by atoms with Gasteiger partial charge in [0.2, 0.25) is 0 Å². The van der Waals surface area contributed by atoms with Gasteiger partial charge in [-0.2, -0.15) is 0 Å². The molecule has 0 saturated heterocycles. The molecule has 2 nitrogen and oxygen atoms in total. The number of halogens is 1. The van der Waals surface area contributed by atoms with Gasteiger partial charge in [-0.1, -0.05) is 28.1 Å². The van der Waals surface area contributed by atoms with Crippen molar-refractivity contribution in [3.63, 3.8) is 0 Å². The van der Waals surface area contributed by atoms with E-state index in [1.165, 1.54) is 0 Å². The first-order valence-electron chi connectivity index (χ1n) is 5.15. The van der Waals surface area contributed by atoms with E-state index in [4.69, 9.17) is 4.11 Å². The Morgan fingerprint density at radius 2 is 1.92 bits per heavy atom. The van der Waals surface area contributed by atoms with Crippen molar-refractivity contribution in [1.29, 1.82) is 0 Å². The first-order chi connectivity index (χ1) is 7.58. The van der Waals surface area contributed by atoms with Crippen LogP contribution in [0.1, 0.15) is 4.11 Å². The van der Waals surface area contributed by atoms with Crippen LogP contribution < -0.4 is 0 Å². The molecule has 3 heteroatoms. The highest BCUT2D eigenvalue weighted by Crippen LogP contribution is 2.20. The Kier molecular flexibility index (Phi) is 1.55. The molecule has 0 unspecified atom stereocenters. The van der Waals surface area contributed by atoms with Crippen molar-refractivity contribution in [2.75, 3.05) is 0 Å². The summed E-state index contributed by atoms with van der Waals surface area (Å²) in [6.07, 6.45) is -0.486. The average molecular weight is 238 g/mol. The van der Waals surface area contributed by atoms with Crippen LogP contribution in [0.4, 0.5) is 0 Å². The molecule has 0 spiro atoms. The largest absolute Gasteiger partial charge is 0.244 e. The molecule has 1 aromatic heterocycles. The predicted octanol–water partition coefficient (Wildman–Crippen LogP) is 2.91. The van der Waals surface area contributed by atoms with Gasteiger partial charge in [-0.15, -0.1) is 0 Å². The Labute approximate surface area is 89.0 Å². The van der Waals surface area contributed by atoms with E-state index in [1.54, 1.807) is 12.1 Å². The van der Waals surface area contributed by atoms with E-state index in [1.807, 2.05) is 12.1 Å². The smallest absolute Gasteiger partial charge is 0.115 e. The fourth-order valence-electron chi connectivity index (χ4n) is 0.985. The van der Waals surface area contributed by atoms with Crippen molar-refractivity contribution in [3.05, 3.63) is 47.4 Å². The third-order valence-electron chi connectivity index (χ3n) is 1.55. The maximum absolute atomic E-state index is 7.65. The van der Waals surface area contributed by atoms with Gasteiger partial charge in [-0.25, -0.2) is 9.97 Å². The van der Waals surface area contributed by atoms with Gasteiger partial charge in [0.05, 0.1) is 2.74 Å². The highest BCUT2D eigenvalue weighted by atomic mass is 79.9. The Bertz CT molecular complexity index is 522. The average Bonchev–Trinajstić information content (AvgIpc) is 2.15. The van der Waals surface area contributed by atoms with Crippen LogP contribution in [0.2, 0.25) is 0 Å². The molecule has 64 valence electrons. The number of rotatable bonds is 1. The van der Waals surface area contributed by atoms with Gasteiger partial charge >= 0.3 is 0 Å². The highest BCUT2D eigenvalue weighted by Gasteiger charge is 1.96. The van der Waals surface area contributed by atoms with Crippen molar-refractivity contribution in [2.24, 2.45) is 0 Å². The Balaban J connectivity index is 2.64. The number of aromatic nitrogens is 2. The van der Waals surface area contributed by atoms with Crippen molar-refractivity contribution in [2.45, 2.75) is 0 Å². The molecule has 0 amide bonds. The normalized spacial score (nSPS) is 13.2. The third kappa shape index (κ3) is 1.92. The van der Waals surface area contributed by atoms with E-state index in [0.29, 0.717) is 11.1 Å². The zero-order valence-corrected chi connectivity index (χ0v) is 8.17. The van der Waals surface area contributed by atoms with Gasteiger partial charge in [-0.05, 0) is 17.7 Å². The van der Waals surface area contributed by atoms with Crippen molar-refractivity contribution in [1.82, 2.24) is 9.97 Å². The van der Waals surface area contributed by atoms with E-state index in [0.717, 1.165) is 4.47 Å². The van der Waals surface area contributed by atoms with Crippen LogP contribution in [0.15, 0.2) is 47.4 Å². The van der Waals surface area contributed by atoms with E-state index in [2.05, 4.69) is 25.9 Å². The number of hydrogen-bond acceptors (Lipinski definition) is 2. The standard InChI is InChI=1S/C10H7BrN2/c11-10-3-1-2-8(4-10)9-5-12-7-13-6-9/h1-7H/i5D,6D,7D. The highest BCUT2D eigenvalue weighted by molar-refractivity contribution is 9.10. The molecule has 0 saturated carbocycles. The summed E-state index contributed by atoms with van der Waals surface area (Å²) >= 11 is 3.32. The molecular weight excluding hydrogens is 228 g/mol. The lowest BCUT2D eigenvalue weighted by Gasteiger charge is -1.99. The Morgan fingerprint density at radius 3 is 2.62 bits per heavy atom. The molecule has 0 aliphatic rings. The lowest BCUT2D eigenvalue weighted by atomic mass is 10.1. The molecule has 0 N–H and O–H groups in total. The summed E-state index contributed by atoms with van der Waals surface area (Å²) in [6, 6.07) is 7.24.